The monoisotopic (exact) mass is 475 g/mol. The number of ether oxygens (including phenoxy) is 2. The van der Waals surface area contributed by atoms with Gasteiger partial charge in [0.25, 0.3) is 0 Å². The Balaban J connectivity index is 0. The van der Waals surface area contributed by atoms with E-state index >= 15 is 0 Å². The smallest absolute Gasteiger partial charge is 0.407 e. The van der Waals surface area contributed by atoms with Crippen molar-refractivity contribution >= 4 is 6.09 Å². The third kappa shape index (κ3) is 12.0. The van der Waals surface area contributed by atoms with E-state index in [1.807, 2.05) is 102 Å². The molecule has 0 aliphatic carbocycles. The maximum Gasteiger partial charge on any atom is 0.407 e. The van der Waals surface area contributed by atoms with E-state index in [1.54, 1.807) is 0 Å². The number of amides is 1. The first-order chi connectivity index (χ1) is 16.0. The van der Waals surface area contributed by atoms with Crippen molar-refractivity contribution in [2.45, 2.75) is 102 Å². The second kappa shape index (κ2) is 16.9. The fraction of sp³-hybridized carbons (Fsp3) is 0.552. The summed E-state index contributed by atoms with van der Waals surface area (Å²) in [6.07, 6.45) is 0.303. The van der Waals surface area contributed by atoms with Crippen LogP contribution in [0.25, 0.3) is 0 Å². The number of nitrogens with one attached hydrogen (secondary N) is 1. The number of phenolic OH excluding ortho intramolecular Hbond substituents is 1. The first-order valence-electron chi connectivity index (χ1n) is 12.5. The summed E-state index contributed by atoms with van der Waals surface area (Å²) in [5.74, 6) is 1.82. The van der Waals surface area contributed by atoms with E-state index in [9.17, 15) is 9.90 Å². The molecule has 0 heterocycles. The number of aromatic hydroxyl groups is 1. The summed E-state index contributed by atoms with van der Waals surface area (Å²) in [6, 6.07) is 7.80. The van der Waals surface area contributed by atoms with Gasteiger partial charge < -0.3 is 19.9 Å². The number of hydrogen-bond acceptors (Lipinski definition) is 4. The molecule has 0 aromatic heterocycles. The lowest BCUT2D eigenvalue weighted by Gasteiger charge is -2.19. The highest BCUT2D eigenvalue weighted by atomic mass is 16.6. The van der Waals surface area contributed by atoms with Crippen molar-refractivity contribution in [3.63, 3.8) is 0 Å². The van der Waals surface area contributed by atoms with Crippen molar-refractivity contribution in [3.05, 3.63) is 52.1 Å². The molecular weight excluding hydrogens is 426 g/mol. The van der Waals surface area contributed by atoms with Crippen LogP contribution in [0.2, 0.25) is 0 Å². The van der Waals surface area contributed by atoms with E-state index < -0.39 is 11.7 Å². The number of aryl methyl sites for hydroxylation is 4. The normalized spacial score (nSPS) is 9.79. The zero-order chi connectivity index (χ0) is 27.1. The fourth-order valence-electron chi connectivity index (χ4n) is 3.06. The molecule has 0 fully saturated rings. The number of carbonyl (C=O) groups excluding carboxylic acids is 1. The van der Waals surface area contributed by atoms with Gasteiger partial charge in [-0.3, -0.25) is 0 Å². The van der Waals surface area contributed by atoms with Gasteiger partial charge in [0, 0.05) is 6.54 Å². The Morgan fingerprint density at radius 1 is 0.824 bits per heavy atom. The van der Waals surface area contributed by atoms with E-state index in [0.29, 0.717) is 24.5 Å². The first kappa shape index (κ1) is 33.5. The van der Waals surface area contributed by atoms with Crippen LogP contribution in [-0.4, -0.2) is 23.3 Å². The summed E-state index contributed by atoms with van der Waals surface area (Å²) in [5.41, 5.74) is 4.24. The van der Waals surface area contributed by atoms with E-state index in [1.165, 1.54) is 0 Å². The molecule has 0 saturated carbocycles. The molecule has 0 aliphatic heterocycles. The van der Waals surface area contributed by atoms with Crippen LogP contribution in [-0.2, 0) is 11.2 Å². The van der Waals surface area contributed by atoms with Crippen LogP contribution in [0.3, 0.4) is 0 Å². The standard InChI is InChI=1S/C23H31NO4.3C2H6/c1-14-12-19(13-15(2)20(14)25)27-21-16(3)10-18(11-17(21)4)8-9-24-22(26)28-23(5,6)7;3*1-2/h10-13,25H,8-9H2,1-7H3,(H,24,26);3*1-2H3. The van der Waals surface area contributed by atoms with Gasteiger partial charge in [-0.15, -0.1) is 0 Å². The van der Waals surface area contributed by atoms with Gasteiger partial charge >= 0.3 is 6.09 Å². The SMILES string of the molecule is CC.CC.CC.Cc1cc(Oc2c(C)cc(CCNC(=O)OC(C)(C)C)cc2C)cc(C)c1O. The lowest BCUT2D eigenvalue weighted by atomic mass is 10.0. The number of phenols is 1. The van der Waals surface area contributed by atoms with Crippen molar-refractivity contribution < 1.29 is 19.4 Å². The Kier molecular flexibility index (Phi) is 16.6. The van der Waals surface area contributed by atoms with Gasteiger partial charge in [0.1, 0.15) is 22.8 Å². The maximum atomic E-state index is 11.7. The summed E-state index contributed by atoms with van der Waals surface area (Å²) >= 11 is 0. The fourth-order valence-corrected chi connectivity index (χ4v) is 3.06. The summed E-state index contributed by atoms with van der Waals surface area (Å²) in [4.78, 5) is 11.7. The molecule has 1 amide bonds. The summed E-state index contributed by atoms with van der Waals surface area (Å²) < 4.78 is 11.4. The summed E-state index contributed by atoms with van der Waals surface area (Å²) in [6.45, 7) is 25.8. The summed E-state index contributed by atoms with van der Waals surface area (Å²) in [7, 11) is 0. The zero-order valence-corrected chi connectivity index (χ0v) is 23.9. The van der Waals surface area contributed by atoms with Gasteiger partial charge in [-0.05, 0) is 94.8 Å². The van der Waals surface area contributed by atoms with Gasteiger partial charge in [0.05, 0.1) is 0 Å². The van der Waals surface area contributed by atoms with Gasteiger partial charge in [-0.2, -0.15) is 0 Å². The van der Waals surface area contributed by atoms with Crippen LogP contribution in [0, 0.1) is 27.7 Å². The lowest BCUT2D eigenvalue weighted by Crippen LogP contribution is -2.33. The number of benzene rings is 2. The number of rotatable bonds is 5. The molecule has 0 aliphatic rings. The van der Waals surface area contributed by atoms with Crippen LogP contribution in [0.5, 0.6) is 17.2 Å². The number of carbonyl (C=O) groups is 1. The third-order valence-corrected chi connectivity index (χ3v) is 4.29. The van der Waals surface area contributed by atoms with Crippen molar-refractivity contribution in [3.8, 4) is 17.2 Å². The highest BCUT2D eigenvalue weighted by Gasteiger charge is 2.16. The average molecular weight is 476 g/mol. The lowest BCUT2D eigenvalue weighted by molar-refractivity contribution is 0.0528. The molecule has 2 rings (SSSR count). The molecule has 0 spiro atoms. The minimum Gasteiger partial charge on any atom is -0.507 e. The molecule has 0 bridgehead atoms. The second-order valence-corrected chi connectivity index (χ2v) is 8.25. The average Bonchev–Trinajstić information content (AvgIpc) is 2.77. The Bertz CT molecular complexity index is 821. The quantitative estimate of drug-likeness (QED) is 0.454. The Hall–Kier alpha value is -2.69. The van der Waals surface area contributed by atoms with Crippen molar-refractivity contribution in [1.82, 2.24) is 5.32 Å². The van der Waals surface area contributed by atoms with Crippen molar-refractivity contribution in [1.29, 1.82) is 0 Å². The predicted octanol–water partition coefficient (Wildman–Crippen LogP) is 8.56. The third-order valence-electron chi connectivity index (χ3n) is 4.29. The largest absolute Gasteiger partial charge is 0.507 e. The van der Waals surface area contributed by atoms with E-state index in [0.717, 1.165) is 33.6 Å². The highest BCUT2D eigenvalue weighted by molar-refractivity contribution is 5.67. The van der Waals surface area contributed by atoms with Crippen LogP contribution < -0.4 is 10.1 Å². The molecule has 0 unspecified atom stereocenters. The molecular formula is C29H49NO4. The summed E-state index contributed by atoms with van der Waals surface area (Å²) in [5, 5.41) is 12.7. The minimum absolute atomic E-state index is 0.300. The van der Waals surface area contributed by atoms with Crippen molar-refractivity contribution in [2.75, 3.05) is 6.54 Å². The van der Waals surface area contributed by atoms with Gasteiger partial charge in [-0.1, -0.05) is 53.7 Å². The zero-order valence-electron chi connectivity index (χ0n) is 23.9. The van der Waals surface area contributed by atoms with Crippen LogP contribution >= 0.6 is 0 Å². The van der Waals surface area contributed by atoms with Gasteiger partial charge in [0.15, 0.2) is 0 Å². The van der Waals surface area contributed by atoms with Crippen molar-refractivity contribution in [2.24, 2.45) is 0 Å². The van der Waals surface area contributed by atoms with Gasteiger partial charge in [0.2, 0.25) is 0 Å². The molecule has 2 aromatic rings. The predicted molar refractivity (Wildman–Crippen MR) is 146 cm³/mol. The van der Waals surface area contributed by atoms with Crippen LogP contribution in [0.15, 0.2) is 24.3 Å². The second-order valence-electron chi connectivity index (χ2n) is 8.25. The topological polar surface area (TPSA) is 67.8 Å². The Morgan fingerprint density at radius 3 is 1.68 bits per heavy atom. The van der Waals surface area contributed by atoms with Crippen LogP contribution in [0.4, 0.5) is 4.79 Å². The molecule has 5 nitrogen and oxygen atoms in total. The molecule has 0 saturated heterocycles. The number of hydrogen-bond donors (Lipinski definition) is 2. The highest BCUT2D eigenvalue weighted by Crippen LogP contribution is 2.33. The molecule has 2 N–H and O–H groups in total. The van der Waals surface area contributed by atoms with Crippen LogP contribution in [0.1, 0.15) is 90.1 Å². The molecule has 194 valence electrons. The molecule has 5 heteroatoms. The molecule has 34 heavy (non-hydrogen) atoms. The molecule has 0 radical (unpaired) electrons. The van der Waals surface area contributed by atoms with Gasteiger partial charge in [-0.25, -0.2) is 4.79 Å². The Morgan fingerprint density at radius 2 is 1.26 bits per heavy atom. The number of alkyl carbamates (subject to hydrolysis) is 1. The maximum absolute atomic E-state index is 11.7. The first-order valence-corrected chi connectivity index (χ1v) is 12.5. The molecule has 0 atom stereocenters. The minimum atomic E-state index is -0.499. The van der Waals surface area contributed by atoms with E-state index in [-0.39, 0.29) is 0 Å². The Labute approximate surface area is 208 Å². The molecule has 2 aromatic carbocycles. The van der Waals surface area contributed by atoms with E-state index in [2.05, 4.69) is 17.4 Å². The van der Waals surface area contributed by atoms with E-state index in [4.69, 9.17) is 9.47 Å².